The van der Waals surface area contributed by atoms with Gasteiger partial charge in [-0.05, 0) is 87.5 Å². The monoisotopic (exact) mass is 1520 g/mol. The van der Waals surface area contributed by atoms with Crippen LogP contribution in [0.1, 0.15) is 38.9 Å². The molecule has 104 heavy (non-hydrogen) atoms. The number of ether oxygens (including phenoxy) is 3. The lowest BCUT2D eigenvalue weighted by molar-refractivity contribution is -0.0477. The Morgan fingerprint density at radius 3 is 1.18 bits per heavy atom. The number of nitrogens with zero attached hydrogens (tertiary/aromatic N) is 9. The van der Waals surface area contributed by atoms with E-state index in [1.807, 2.05) is 66.7 Å². The summed E-state index contributed by atoms with van der Waals surface area (Å²) >= 11 is 0. The van der Waals surface area contributed by atoms with Crippen LogP contribution in [0.5, 0.6) is 0 Å². The fraction of sp³-hybridized carbons (Fsp3) is 0.262. The Bertz CT molecular complexity index is 4290. The van der Waals surface area contributed by atoms with Crippen molar-refractivity contribution in [3.63, 3.8) is 0 Å². The molecule has 0 aliphatic carbocycles. The summed E-state index contributed by atoms with van der Waals surface area (Å²) in [6.45, 7) is 1.25. The smallest absolute Gasteiger partial charge is 0.445 e. The number of anilines is 4. The van der Waals surface area contributed by atoms with Crippen molar-refractivity contribution < 1.29 is 89.3 Å². The van der Waals surface area contributed by atoms with Crippen molar-refractivity contribution in [3.05, 3.63) is 226 Å². The van der Waals surface area contributed by atoms with Gasteiger partial charge in [0.2, 0.25) is 0 Å². The van der Waals surface area contributed by atoms with E-state index in [2.05, 4.69) is 36.6 Å². The lowest BCUT2D eigenvalue weighted by Crippen LogP contribution is -2.46. The quantitative estimate of drug-likeness (QED) is 0.0152. The summed E-state index contributed by atoms with van der Waals surface area (Å²) in [7, 11) is -11.0. The molecule has 3 aliphatic heterocycles. The Morgan fingerprint density at radius 2 is 0.856 bits per heavy atom. The Morgan fingerprint density at radius 1 is 0.490 bits per heavy atom. The number of hydrogen-bond acceptors (Lipinski definition) is 21. The summed E-state index contributed by atoms with van der Waals surface area (Å²) in [6.07, 6.45) is 0.757. The predicted octanol–water partition coefficient (Wildman–Crippen LogP) is 9.28. The maximum Gasteiger partial charge on any atom is 0.516 e. The summed E-state index contributed by atoms with van der Waals surface area (Å²) in [6, 6.07) is 45.2. The van der Waals surface area contributed by atoms with Crippen molar-refractivity contribution in [2.75, 3.05) is 72.4 Å². The molecule has 0 atom stereocenters. The zero-order valence-corrected chi connectivity index (χ0v) is 57.2. The number of benzene rings is 7. The van der Waals surface area contributed by atoms with Gasteiger partial charge in [-0.1, -0.05) is 115 Å². The van der Waals surface area contributed by atoms with E-state index in [9.17, 15) is 75.1 Å². The van der Waals surface area contributed by atoms with Crippen LogP contribution < -0.4 is 58.7 Å². The molecule has 0 bridgehead atoms. The first-order valence-electron chi connectivity index (χ1n) is 30.8. The van der Waals surface area contributed by atoms with Gasteiger partial charge in [0.05, 0.1) is 62.0 Å². The zero-order chi connectivity index (χ0) is 74.7. The van der Waals surface area contributed by atoms with Crippen LogP contribution in [0, 0.1) is 23.3 Å². The van der Waals surface area contributed by atoms with Crippen LogP contribution in [-0.4, -0.2) is 126 Å². The number of carbonyl (C=O) groups is 3. The Balaban J connectivity index is 0.000000219. The number of alkyl halides is 6. The number of halogens is 11. The van der Waals surface area contributed by atoms with Crippen molar-refractivity contribution in [1.29, 1.82) is 0 Å². The van der Waals surface area contributed by atoms with Gasteiger partial charge in [0.25, 0.3) is 0 Å². The van der Waals surface area contributed by atoms with Crippen molar-refractivity contribution in [1.82, 2.24) is 30.0 Å². The molecule has 560 valence electrons. The van der Waals surface area contributed by atoms with E-state index in [0.29, 0.717) is 66.8 Å². The van der Waals surface area contributed by atoms with Crippen LogP contribution in [-0.2, 0) is 80.3 Å². The van der Waals surface area contributed by atoms with Crippen molar-refractivity contribution in [3.8, 4) is 0 Å². The van der Waals surface area contributed by atoms with Crippen LogP contribution in [0.25, 0.3) is 0 Å². The molecular formula is C65H71ClF10N16O10S2. The van der Waals surface area contributed by atoms with Crippen molar-refractivity contribution in [2.45, 2.75) is 57.0 Å². The predicted molar refractivity (Wildman–Crippen MR) is 371 cm³/mol. The number of hydrogen-bond donors (Lipinski definition) is 7. The highest BCUT2D eigenvalue weighted by atomic mass is 35.5. The van der Waals surface area contributed by atoms with E-state index in [-0.39, 0.29) is 103 Å². The number of sulfonamides is 2. The highest BCUT2D eigenvalue weighted by Crippen LogP contribution is 2.31. The number of hydrazone groups is 2. The Kier molecular flexibility index (Phi) is 30.9. The van der Waals surface area contributed by atoms with Crippen LogP contribution in [0.15, 0.2) is 179 Å². The summed E-state index contributed by atoms with van der Waals surface area (Å²) in [5.41, 5.74) is 8.28. The van der Waals surface area contributed by atoms with E-state index >= 15 is 0 Å². The van der Waals surface area contributed by atoms with Gasteiger partial charge in [-0.2, -0.15) is 53.4 Å². The summed E-state index contributed by atoms with van der Waals surface area (Å²) in [5, 5.41) is 19.9. The van der Waals surface area contributed by atoms with Gasteiger partial charge in [-0.25, -0.2) is 46.4 Å². The summed E-state index contributed by atoms with van der Waals surface area (Å²) in [5.74, 6) is 3.48. The number of amides is 3. The van der Waals surface area contributed by atoms with E-state index in [1.54, 1.807) is 65.9 Å². The van der Waals surface area contributed by atoms with Gasteiger partial charge >= 0.3 is 49.3 Å². The Hall–Kier alpha value is -10.7. The highest BCUT2D eigenvalue weighted by Gasteiger charge is 2.51. The molecule has 39 heteroatoms. The Labute approximate surface area is 597 Å². The molecule has 7 aromatic rings. The number of nitrogens with one attached hydrogen (secondary N) is 4. The highest BCUT2D eigenvalue weighted by molar-refractivity contribution is 7.90. The lowest BCUT2D eigenvalue weighted by atomic mass is 10.2. The number of carbonyl (C=O) groups excluding carboxylic acids is 3. The maximum absolute atomic E-state index is 14.5. The number of alkyl carbamates (subject to hydrolysis) is 3. The van der Waals surface area contributed by atoms with Gasteiger partial charge in [0.1, 0.15) is 62.1 Å². The number of rotatable bonds is 21. The van der Waals surface area contributed by atoms with Gasteiger partial charge < -0.3 is 46.6 Å². The normalized spacial score (nSPS) is 13.4. The topological polar surface area (TPSA) is 330 Å². The molecule has 3 heterocycles. The minimum absolute atomic E-state index is 0. The first-order chi connectivity index (χ1) is 49.1. The minimum Gasteiger partial charge on any atom is -0.445 e. The molecule has 0 spiro atoms. The van der Waals surface area contributed by atoms with Crippen LogP contribution >= 0.6 is 12.4 Å². The molecule has 3 aliphatic rings. The SMILES string of the molecule is Cl.NCCN(N)c1ccc(CNC(=O)OCc2ccccc2)cc1F.NCc1ccc(N2CCN(S(=O)(=O)C(F)(F)F)C=N2)c(F)c1.O=C(NCc1ccc(N2CCN(S(=O)(=O)C(F)(F)F)C=N2)c(F)c1)OCc1ccccc1.O=C(NCc1ccc(N2CCN=CN2)c(F)c1)OCc1ccccc1. The number of hydrazine groups is 2. The average Bonchev–Trinajstić information content (AvgIpc) is 0.793. The first kappa shape index (κ1) is 82.3. The largest absolute Gasteiger partial charge is 0.516 e. The third-order valence-electron chi connectivity index (χ3n) is 14.4. The maximum atomic E-state index is 14.5. The number of aliphatic imine (C=N–C) groups is 1. The van der Waals surface area contributed by atoms with Gasteiger partial charge in [0, 0.05) is 39.3 Å². The standard InChI is InChI=1S/C19H18F4N4O4S.C18H19FN4O2.C17H21FN4O2.C11H12F4N4O2S.ClH/c20-16-10-15(11-24-18(28)31-12-14-4-2-1-3-5-14)6-7-17(16)27-9-8-26(13-25-27)32(29,30)19(21,22)23;19-16-10-15(6-7-17(16)23-9-8-20-13-22-23)11-21-18(24)25-12-14-4-2-1-3-5-14;18-15-10-14(6-7-16(15)22(20)9-8-19)11-21-17(23)24-12-13-4-2-1-3-5-13;12-9-5-8(6-16)1-2-10(9)19-4-3-18(7-17-19)22(20,21)11(13,14)15;/h1-7,10,13H,8-9,11-12H2,(H,24,28);1-7,10,13H,8-9,11-12H2,(H,20,22)(H,21,24);1-7,10H,8-9,11-12,19-20H2,(H,21,23);1-2,5,7H,3-4,6,16H2;1H. The zero-order valence-electron chi connectivity index (χ0n) is 54.8. The molecule has 0 saturated carbocycles. The second kappa shape index (κ2) is 39.1. The van der Waals surface area contributed by atoms with E-state index in [0.717, 1.165) is 32.8 Å². The molecule has 0 fully saturated rings. The molecule has 0 aromatic heterocycles. The molecule has 7 aromatic carbocycles. The van der Waals surface area contributed by atoms with E-state index in [1.165, 1.54) is 41.4 Å². The summed E-state index contributed by atoms with van der Waals surface area (Å²) in [4.78, 5) is 39.2. The average molecular weight is 1530 g/mol. The van der Waals surface area contributed by atoms with Gasteiger partial charge in [-0.15, -0.1) is 12.4 Å². The second-order valence-corrected chi connectivity index (χ2v) is 25.5. The minimum atomic E-state index is -5.55. The third kappa shape index (κ3) is 24.5. The molecule has 26 nitrogen and oxygen atoms in total. The van der Waals surface area contributed by atoms with E-state index < -0.39 is 79.9 Å². The van der Waals surface area contributed by atoms with Crippen LogP contribution in [0.4, 0.5) is 81.0 Å². The van der Waals surface area contributed by atoms with Crippen molar-refractivity contribution in [2.24, 2.45) is 32.5 Å². The molecule has 3 amide bonds. The third-order valence-corrected chi connectivity index (χ3v) is 17.4. The van der Waals surface area contributed by atoms with Gasteiger partial charge in [-0.3, -0.25) is 25.4 Å². The molecule has 0 saturated heterocycles. The second-order valence-electron chi connectivity index (χ2n) is 21.7. The molecule has 0 radical (unpaired) electrons. The van der Waals surface area contributed by atoms with Crippen molar-refractivity contribution >= 4 is 92.5 Å². The van der Waals surface area contributed by atoms with E-state index in [4.69, 9.17) is 31.5 Å². The fourth-order valence-corrected chi connectivity index (χ4v) is 10.6. The summed E-state index contributed by atoms with van der Waals surface area (Å²) < 4.78 is 192. The molecule has 10 rings (SSSR count). The van der Waals surface area contributed by atoms with Gasteiger partial charge in [0.15, 0.2) is 0 Å². The molecular weight excluding hydrogens is 1450 g/mol. The first-order valence-corrected chi connectivity index (χ1v) is 33.7. The molecule has 10 N–H and O–H groups in total. The molecule has 0 unspecified atom stereocenters. The lowest BCUT2D eigenvalue weighted by Gasteiger charge is -2.29. The van der Waals surface area contributed by atoms with Crippen LogP contribution in [0.3, 0.4) is 0 Å². The van der Waals surface area contributed by atoms with Crippen LogP contribution in [0.2, 0.25) is 0 Å². The fourth-order valence-electron chi connectivity index (χ4n) is 9.07. The number of nitrogens with two attached hydrogens (primary N) is 3.